The highest BCUT2D eigenvalue weighted by Crippen LogP contribution is 2.26. The molecule has 0 saturated carbocycles. The summed E-state index contributed by atoms with van der Waals surface area (Å²) in [5.74, 6) is 0.499. The van der Waals surface area contributed by atoms with Crippen LogP contribution in [0, 0.1) is 11.8 Å². The molecule has 0 bridgehead atoms. The molecule has 110 valence electrons. The van der Waals surface area contributed by atoms with Gasteiger partial charge in [0.1, 0.15) is 0 Å². The first-order valence-corrected chi connectivity index (χ1v) is 9.35. The van der Waals surface area contributed by atoms with E-state index in [1.54, 1.807) is 5.90 Å². The van der Waals surface area contributed by atoms with Gasteiger partial charge in [0.2, 0.25) is 0 Å². The first-order valence-electron chi connectivity index (χ1n) is 5.29. The van der Waals surface area contributed by atoms with Crippen LogP contribution in [0.5, 0.6) is 0 Å². The molecule has 0 fully saturated rings. The summed E-state index contributed by atoms with van der Waals surface area (Å²) in [7, 11) is -2.40. The third-order valence-electron chi connectivity index (χ3n) is 1.87. The average Bonchev–Trinajstić information content (AvgIpc) is 2.21. The van der Waals surface area contributed by atoms with Crippen molar-refractivity contribution >= 4 is 72.8 Å². The molecule has 0 aliphatic heterocycles. The monoisotopic (exact) mass is 536 g/mol. The van der Waals surface area contributed by atoms with E-state index in [0.29, 0.717) is 13.2 Å². The lowest BCUT2D eigenvalue weighted by molar-refractivity contribution is 0.182. The van der Waals surface area contributed by atoms with Gasteiger partial charge in [-0.2, -0.15) is 5.90 Å². The van der Waals surface area contributed by atoms with Crippen LogP contribution in [-0.4, -0.2) is 32.2 Å². The summed E-state index contributed by atoms with van der Waals surface area (Å²) in [5, 5.41) is 0. The Bertz CT molecular complexity index is 226. The highest BCUT2D eigenvalue weighted by Gasteiger charge is 2.11. The van der Waals surface area contributed by atoms with E-state index < -0.39 is 8.25 Å². The third-order valence-corrected chi connectivity index (χ3v) is 3.83. The van der Waals surface area contributed by atoms with E-state index in [0.717, 1.165) is 13.1 Å². The molecule has 0 saturated heterocycles. The fourth-order valence-corrected chi connectivity index (χ4v) is 3.94. The summed E-state index contributed by atoms with van der Waals surface area (Å²) in [6.45, 7) is 6.30. The first-order chi connectivity index (χ1) is 8.31. The largest absolute Gasteiger partial charge is 0.319 e. The van der Waals surface area contributed by atoms with Gasteiger partial charge in [0.25, 0.3) is 0 Å². The standard InChI is InChI=1S/C8H17Br4N2O3P/c1-7(3-13(9)10)5-16-18(15)17-6-8(2)4-14(11)12/h7-8,18H,3-6H2,1-2H3. The van der Waals surface area contributed by atoms with Crippen LogP contribution in [0.1, 0.15) is 13.8 Å². The van der Waals surface area contributed by atoms with Gasteiger partial charge in [-0.15, -0.1) is 0 Å². The van der Waals surface area contributed by atoms with Crippen molar-refractivity contribution in [1.82, 2.24) is 5.90 Å². The number of hydrogen-bond acceptors (Lipinski definition) is 5. The summed E-state index contributed by atoms with van der Waals surface area (Å²) < 4.78 is 25.3. The van der Waals surface area contributed by atoms with Crippen molar-refractivity contribution in [3.63, 3.8) is 0 Å². The Labute approximate surface area is 143 Å². The number of hydrogen-bond donors (Lipinski definition) is 0. The second-order valence-corrected chi connectivity index (χ2v) is 10.5. The summed E-state index contributed by atoms with van der Waals surface area (Å²) >= 11 is 12.9. The molecular formula is C8H17Br4N2O3P. The molecular weight excluding hydrogens is 523 g/mol. The minimum Gasteiger partial charge on any atom is -0.310 e. The van der Waals surface area contributed by atoms with Gasteiger partial charge in [0.15, 0.2) is 0 Å². The van der Waals surface area contributed by atoms with Gasteiger partial charge >= 0.3 is 8.25 Å². The molecule has 0 aromatic carbocycles. The van der Waals surface area contributed by atoms with Crippen molar-refractivity contribution in [2.75, 3.05) is 26.3 Å². The molecule has 0 heterocycles. The maximum atomic E-state index is 11.5. The molecule has 0 aliphatic rings. The number of nitrogens with zero attached hydrogens (tertiary/aromatic N) is 2. The van der Waals surface area contributed by atoms with Gasteiger partial charge in [-0.1, -0.05) is 13.8 Å². The lowest BCUT2D eigenvalue weighted by atomic mass is 10.2. The molecule has 0 radical (unpaired) electrons. The van der Waals surface area contributed by atoms with E-state index in [2.05, 4.69) is 64.6 Å². The van der Waals surface area contributed by atoms with Gasteiger partial charge in [-0.3, -0.25) is 4.57 Å². The quantitative estimate of drug-likeness (QED) is 0.302. The summed E-state index contributed by atoms with van der Waals surface area (Å²) in [6, 6.07) is 0. The molecule has 0 amide bonds. The molecule has 18 heavy (non-hydrogen) atoms. The van der Waals surface area contributed by atoms with Gasteiger partial charge < -0.3 is 9.05 Å². The maximum absolute atomic E-state index is 11.5. The van der Waals surface area contributed by atoms with Crippen LogP contribution in [0.25, 0.3) is 0 Å². The minimum absolute atomic E-state index is 0.249. The molecule has 0 aromatic heterocycles. The SMILES string of the molecule is CC(CO[PH](=O)OCC(C)CN(Br)Br)CN(Br)Br. The Morgan fingerprint density at radius 3 is 1.56 bits per heavy atom. The van der Waals surface area contributed by atoms with E-state index in [1.807, 2.05) is 13.8 Å². The van der Waals surface area contributed by atoms with Gasteiger partial charge in [-0.05, 0) is 11.8 Å². The predicted molar refractivity (Wildman–Crippen MR) is 88.4 cm³/mol. The summed E-state index contributed by atoms with van der Waals surface area (Å²) in [6.07, 6.45) is 0. The summed E-state index contributed by atoms with van der Waals surface area (Å²) in [5.41, 5.74) is 0. The Balaban J connectivity index is 3.65. The predicted octanol–water partition coefficient (Wildman–Crippen LogP) is 4.53. The fraction of sp³-hybridized carbons (Fsp3) is 1.00. The van der Waals surface area contributed by atoms with Crippen LogP contribution in [0.2, 0.25) is 0 Å². The van der Waals surface area contributed by atoms with Crippen LogP contribution >= 0.6 is 72.8 Å². The lowest BCUT2D eigenvalue weighted by Gasteiger charge is -2.15. The molecule has 2 atom stereocenters. The zero-order valence-electron chi connectivity index (χ0n) is 10.1. The molecule has 0 aromatic rings. The fourth-order valence-electron chi connectivity index (χ4n) is 1.04. The minimum atomic E-state index is -2.40. The van der Waals surface area contributed by atoms with Gasteiger partial charge in [-0.25, -0.2) is 0 Å². The zero-order valence-corrected chi connectivity index (χ0v) is 17.5. The van der Waals surface area contributed by atoms with Crippen molar-refractivity contribution in [2.45, 2.75) is 13.8 Å². The van der Waals surface area contributed by atoms with Crippen LogP contribution < -0.4 is 0 Å². The summed E-state index contributed by atoms with van der Waals surface area (Å²) in [4.78, 5) is 0. The second kappa shape index (κ2) is 11.6. The van der Waals surface area contributed by atoms with Crippen molar-refractivity contribution in [3.05, 3.63) is 0 Å². The Morgan fingerprint density at radius 2 is 1.28 bits per heavy atom. The van der Waals surface area contributed by atoms with Crippen LogP contribution in [0.4, 0.5) is 0 Å². The van der Waals surface area contributed by atoms with Crippen LogP contribution in [-0.2, 0) is 13.6 Å². The van der Waals surface area contributed by atoms with Crippen molar-refractivity contribution < 1.29 is 13.6 Å². The average molecular weight is 540 g/mol. The van der Waals surface area contributed by atoms with E-state index >= 15 is 0 Å². The number of halogens is 4. The maximum Gasteiger partial charge on any atom is 0.319 e. The normalized spacial score (nSPS) is 17.1. The highest BCUT2D eigenvalue weighted by atomic mass is 79.9. The van der Waals surface area contributed by atoms with Crippen molar-refractivity contribution in [2.24, 2.45) is 11.8 Å². The third kappa shape index (κ3) is 13.0. The second-order valence-electron chi connectivity index (χ2n) is 4.05. The van der Waals surface area contributed by atoms with E-state index in [-0.39, 0.29) is 11.8 Å². The van der Waals surface area contributed by atoms with E-state index in [9.17, 15) is 4.57 Å². The lowest BCUT2D eigenvalue weighted by Crippen LogP contribution is -2.16. The Hall–Kier alpha value is 1.99. The van der Waals surface area contributed by atoms with Crippen LogP contribution in [0.15, 0.2) is 0 Å². The Morgan fingerprint density at radius 1 is 0.944 bits per heavy atom. The Kier molecular flexibility index (Phi) is 12.9. The highest BCUT2D eigenvalue weighted by molar-refractivity contribution is 9.21. The molecule has 5 nitrogen and oxygen atoms in total. The zero-order chi connectivity index (χ0) is 14.1. The molecule has 0 spiro atoms. The van der Waals surface area contributed by atoms with Gasteiger partial charge in [0, 0.05) is 77.7 Å². The van der Waals surface area contributed by atoms with Crippen molar-refractivity contribution in [1.29, 1.82) is 0 Å². The van der Waals surface area contributed by atoms with Crippen molar-refractivity contribution in [3.8, 4) is 0 Å². The van der Waals surface area contributed by atoms with E-state index in [4.69, 9.17) is 9.05 Å². The molecule has 2 unspecified atom stereocenters. The van der Waals surface area contributed by atoms with Crippen LogP contribution in [0.3, 0.4) is 0 Å². The van der Waals surface area contributed by atoms with E-state index in [1.165, 1.54) is 0 Å². The number of rotatable bonds is 10. The molecule has 0 rings (SSSR count). The topological polar surface area (TPSA) is 42.0 Å². The van der Waals surface area contributed by atoms with Gasteiger partial charge in [0.05, 0.1) is 13.2 Å². The smallest absolute Gasteiger partial charge is 0.310 e. The molecule has 0 N–H and O–H groups in total. The first kappa shape index (κ1) is 20.0. The molecule has 10 heteroatoms. The molecule has 0 aliphatic carbocycles.